The smallest absolute Gasteiger partial charge is 0.122 e. The van der Waals surface area contributed by atoms with Crippen LogP contribution in [0.3, 0.4) is 0 Å². The second-order valence-corrected chi connectivity index (χ2v) is 4.95. The lowest BCUT2D eigenvalue weighted by atomic mass is 9.99. The largest absolute Gasteiger partial charge is 0.490 e. The molecule has 0 aliphatic heterocycles. The van der Waals surface area contributed by atoms with Gasteiger partial charge in [-0.25, -0.2) is 0 Å². The molecule has 1 unspecified atom stereocenters. The normalized spacial score (nSPS) is 18.4. The van der Waals surface area contributed by atoms with Crippen LogP contribution in [0.2, 0.25) is 0 Å². The minimum atomic E-state index is -0.910. The van der Waals surface area contributed by atoms with E-state index < -0.39 is 5.60 Å². The molecule has 18 heavy (non-hydrogen) atoms. The Morgan fingerprint density at radius 2 is 2.06 bits per heavy atom. The van der Waals surface area contributed by atoms with Gasteiger partial charge in [-0.2, -0.15) is 0 Å². The topological polar surface area (TPSA) is 75.7 Å². The summed E-state index contributed by atoms with van der Waals surface area (Å²) in [4.78, 5) is 0. The van der Waals surface area contributed by atoms with Gasteiger partial charge < -0.3 is 20.7 Å². The Morgan fingerprint density at radius 1 is 1.33 bits per heavy atom. The summed E-state index contributed by atoms with van der Waals surface area (Å²) in [5, 5.41) is 19.3. The first-order chi connectivity index (χ1) is 8.69. The second-order valence-electron chi connectivity index (χ2n) is 4.95. The van der Waals surface area contributed by atoms with Crippen molar-refractivity contribution in [2.45, 2.75) is 24.9 Å². The predicted octanol–water partition coefficient (Wildman–Crippen LogP) is 0.700. The van der Waals surface area contributed by atoms with Crippen LogP contribution in [0.1, 0.15) is 18.4 Å². The number of nitrogens with two attached hydrogens (primary N) is 1. The van der Waals surface area contributed by atoms with Crippen LogP contribution in [0.5, 0.6) is 5.75 Å². The highest BCUT2D eigenvalue weighted by Gasteiger charge is 2.43. The van der Waals surface area contributed by atoms with Crippen LogP contribution in [0.4, 0.5) is 0 Å². The highest BCUT2D eigenvalue weighted by Crippen LogP contribution is 2.39. The van der Waals surface area contributed by atoms with E-state index in [1.807, 2.05) is 24.3 Å². The van der Waals surface area contributed by atoms with Crippen molar-refractivity contribution < 1.29 is 14.9 Å². The van der Waals surface area contributed by atoms with E-state index in [1.165, 1.54) is 0 Å². The summed E-state index contributed by atoms with van der Waals surface area (Å²) in [5.74, 6) is 0.992. The van der Waals surface area contributed by atoms with E-state index in [1.54, 1.807) is 0 Å². The van der Waals surface area contributed by atoms with Crippen LogP contribution in [-0.2, 0) is 6.42 Å². The number of para-hydroxylation sites is 1. The molecule has 0 spiro atoms. The van der Waals surface area contributed by atoms with Crippen molar-refractivity contribution in [2.24, 2.45) is 11.7 Å². The molecule has 0 radical (unpaired) electrons. The van der Waals surface area contributed by atoms with E-state index in [0.29, 0.717) is 6.42 Å². The molecule has 0 saturated heterocycles. The second kappa shape index (κ2) is 5.69. The van der Waals surface area contributed by atoms with Crippen molar-refractivity contribution in [3.8, 4) is 5.75 Å². The molecule has 2 rings (SSSR count). The molecule has 1 fully saturated rings. The van der Waals surface area contributed by atoms with Gasteiger partial charge in [0.05, 0.1) is 0 Å². The third-order valence-electron chi connectivity index (χ3n) is 3.52. The van der Waals surface area contributed by atoms with E-state index >= 15 is 0 Å². The average molecular weight is 251 g/mol. The zero-order valence-corrected chi connectivity index (χ0v) is 10.5. The maximum Gasteiger partial charge on any atom is 0.122 e. The lowest BCUT2D eigenvalue weighted by molar-refractivity contribution is -0.0165. The van der Waals surface area contributed by atoms with E-state index in [9.17, 15) is 5.11 Å². The van der Waals surface area contributed by atoms with Crippen molar-refractivity contribution in [2.75, 3.05) is 19.8 Å². The summed E-state index contributed by atoms with van der Waals surface area (Å²) in [6, 6.07) is 7.57. The zero-order valence-electron chi connectivity index (χ0n) is 10.5. The van der Waals surface area contributed by atoms with Crippen LogP contribution < -0.4 is 10.5 Å². The summed E-state index contributed by atoms with van der Waals surface area (Å²) in [5.41, 5.74) is 5.68. The number of benzene rings is 1. The van der Waals surface area contributed by atoms with Gasteiger partial charge in [-0.15, -0.1) is 0 Å². The van der Waals surface area contributed by atoms with E-state index in [0.717, 1.165) is 24.2 Å². The van der Waals surface area contributed by atoms with Gasteiger partial charge in [-0.1, -0.05) is 18.2 Å². The monoisotopic (exact) mass is 251 g/mol. The molecule has 1 aromatic carbocycles. The minimum Gasteiger partial charge on any atom is -0.490 e. The Kier molecular flexibility index (Phi) is 4.22. The highest BCUT2D eigenvalue weighted by atomic mass is 16.5. The number of rotatable bonds is 7. The van der Waals surface area contributed by atoms with Crippen molar-refractivity contribution >= 4 is 0 Å². The third-order valence-corrected chi connectivity index (χ3v) is 3.52. The first kappa shape index (κ1) is 13.3. The Labute approximate surface area is 107 Å². The van der Waals surface area contributed by atoms with Crippen LogP contribution in [0.25, 0.3) is 0 Å². The Bertz CT molecular complexity index is 392. The number of aliphatic hydroxyl groups excluding tert-OH is 1. The van der Waals surface area contributed by atoms with Crippen molar-refractivity contribution in [3.63, 3.8) is 0 Å². The van der Waals surface area contributed by atoms with Crippen LogP contribution in [0.15, 0.2) is 24.3 Å². The summed E-state index contributed by atoms with van der Waals surface area (Å²) in [6.45, 7) is 0.528. The maximum absolute atomic E-state index is 10.3. The third kappa shape index (κ3) is 3.02. The van der Waals surface area contributed by atoms with Crippen LogP contribution >= 0.6 is 0 Å². The van der Waals surface area contributed by atoms with E-state index in [-0.39, 0.29) is 25.7 Å². The fourth-order valence-corrected chi connectivity index (χ4v) is 2.14. The van der Waals surface area contributed by atoms with Gasteiger partial charge in [0, 0.05) is 13.2 Å². The standard InChI is InChI=1S/C14H21NO3/c15-9-14(17,12-5-6-12)10-18-13-4-2-1-3-11(13)7-8-16/h1-4,12,16-17H,5-10,15H2. The van der Waals surface area contributed by atoms with E-state index in [4.69, 9.17) is 15.6 Å². The van der Waals surface area contributed by atoms with Gasteiger partial charge in [-0.05, 0) is 36.8 Å². The molecule has 1 saturated carbocycles. The number of hydrogen-bond donors (Lipinski definition) is 3. The quantitative estimate of drug-likeness (QED) is 0.667. The lowest BCUT2D eigenvalue weighted by Crippen LogP contribution is -2.45. The first-order valence-corrected chi connectivity index (χ1v) is 6.43. The molecule has 0 aromatic heterocycles. The van der Waals surface area contributed by atoms with Gasteiger partial charge in [0.25, 0.3) is 0 Å². The Hall–Kier alpha value is -1.10. The molecule has 0 heterocycles. The first-order valence-electron chi connectivity index (χ1n) is 6.43. The van der Waals surface area contributed by atoms with Crippen molar-refractivity contribution in [1.82, 2.24) is 0 Å². The fraction of sp³-hybridized carbons (Fsp3) is 0.571. The molecule has 1 aliphatic rings. The molecule has 4 N–H and O–H groups in total. The predicted molar refractivity (Wildman–Crippen MR) is 69.5 cm³/mol. The van der Waals surface area contributed by atoms with Crippen LogP contribution in [-0.4, -0.2) is 35.6 Å². The zero-order chi connectivity index (χ0) is 13.0. The number of hydrogen-bond acceptors (Lipinski definition) is 4. The van der Waals surface area contributed by atoms with E-state index in [2.05, 4.69) is 0 Å². The van der Waals surface area contributed by atoms with Gasteiger partial charge in [0.1, 0.15) is 18.0 Å². The summed E-state index contributed by atoms with van der Waals surface area (Å²) in [7, 11) is 0. The van der Waals surface area contributed by atoms with Crippen molar-refractivity contribution in [1.29, 1.82) is 0 Å². The lowest BCUT2D eigenvalue weighted by Gasteiger charge is -2.27. The number of ether oxygens (including phenoxy) is 1. The minimum absolute atomic E-state index is 0.0875. The van der Waals surface area contributed by atoms with Gasteiger partial charge in [0.2, 0.25) is 0 Å². The Morgan fingerprint density at radius 3 is 2.67 bits per heavy atom. The fourth-order valence-electron chi connectivity index (χ4n) is 2.14. The summed E-state index contributed by atoms with van der Waals surface area (Å²) >= 11 is 0. The van der Waals surface area contributed by atoms with Crippen LogP contribution in [0, 0.1) is 5.92 Å². The Balaban J connectivity index is 2.00. The summed E-state index contributed by atoms with van der Waals surface area (Å²) in [6.07, 6.45) is 2.60. The maximum atomic E-state index is 10.3. The molecule has 1 aliphatic carbocycles. The molecule has 1 atom stereocenters. The molecule has 1 aromatic rings. The molecule has 100 valence electrons. The highest BCUT2D eigenvalue weighted by molar-refractivity contribution is 5.33. The molecule has 0 amide bonds. The SMILES string of the molecule is NCC(O)(COc1ccccc1CCO)C1CC1. The molecular weight excluding hydrogens is 230 g/mol. The molecular formula is C14H21NO3. The van der Waals surface area contributed by atoms with Gasteiger partial charge in [-0.3, -0.25) is 0 Å². The molecule has 4 heteroatoms. The number of aliphatic hydroxyl groups is 2. The molecule has 0 bridgehead atoms. The average Bonchev–Trinajstić information content (AvgIpc) is 3.22. The van der Waals surface area contributed by atoms with Gasteiger partial charge >= 0.3 is 0 Å². The summed E-state index contributed by atoms with van der Waals surface area (Å²) < 4.78 is 5.71. The van der Waals surface area contributed by atoms with Crippen molar-refractivity contribution in [3.05, 3.63) is 29.8 Å². The van der Waals surface area contributed by atoms with Gasteiger partial charge in [0.15, 0.2) is 0 Å². The molecule has 4 nitrogen and oxygen atoms in total.